The second-order valence-corrected chi connectivity index (χ2v) is 12.9. The van der Waals surface area contributed by atoms with Crippen molar-refractivity contribution in [3.05, 3.63) is 194 Å². The molecule has 10 rings (SSSR count). The number of benzene rings is 8. The van der Waals surface area contributed by atoms with Crippen LogP contribution < -0.4 is 4.90 Å². The Morgan fingerprint density at radius 2 is 1.02 bits per heavy atom. The molecule has 10 aromatic rings. The lowest BCUT2D eigenvalue weighted by atomic mass is 9.98. The monoisotopic (exact) mass is 682 g/mol. The van der Waals surface area contributed by atoms with Crippen LogP contribution in [0.3, 0.4) is 0 Å². The highest BCUT2D eigenvalue weighted by Crippen LogP contribution is 2.48. The van der Waals surface area contributed by atoms with Gasteiger partial charge in [-0.25, -0.2) is 0 Å². The molecule has 0 amide bonds. The van der Waals surface area contributed by atoms with Crippen molar-refractivity contribution in [2.75, 3.05) is 4.90 Å². The van der Waals surface area contributed by atoms with Crippen molar-refractivity contribution in [1.82, 2.24) is 4.57 Å². The lowest BCUT2D eigenvalue weighted by Gasteiger charge is -2.28. The van der Waals surface area contributed by atoms with Crippen molar-refractivity contribution in [3.8, 4) is 27.9 Å². The van der Waals surface area contributed by atoms with Gasteiger partial charge in [-0.3, -0.25) is 0 Å². The van der Waals surface area contributed by atoms with Gasteiger partial charge in [-0.15, -0.1) is 11.3 Å². The van der Waals surface area contributed by atoms with E-state index in [4.69, 9.17) is 11.0 Å². The smallest absolute Gasteiger partial charge is 0.0645 e. The van der Waals surface area contributed by atoms with Gasteiger partial charge < -0.3 is 9.47 Å². The van der Waals surface area contributed by atoms with Gasteiger partial charge in [0, 0.05) is 53.6 Å². The number of aromatic nitrogens is 1. The Bertz CT molecular complexity index is 3530. The number of hydrogen-bond donors (Lipinski definition) is 0. The first-order valence-electron chi connectivity index (χ1n) is 23.2. The quantitative estimate of drug-likeness (QED) is 0.169. The summed E-state index contributed by atoms with van der Waals surface area (Å²) in [6.45, 7) is 0. The molecule has 0 saturated carbocycles. The Labute approximate surface area is 320 Å². The fourth-order valence-corrected chi connectivity index (χ4v) is 8.11. The van der Waals surface area contributed by atoms with Crippen LogP contribution in [0.1, 0.15) is 19.2 Å². The molecule has 0 bridgehead atoms. The summed E-state index contributed by atoms with van der Waals surface area (Å²) in [5, 5.41) is 3.93. The third-order valence-corrected chi connectivity index (χ3v) is 10.3. The molecule has 2 aromatic heterocycles. The first-order chi connectivity index (χ1) is 31.1. The molecule has 2 nitrogen and oxygen atoms in total. The molecule has 51 heavy (non-hydrogen) atoms. The van der Waals surface area contributed by atoms with Crippen LogP contribution in [0.15, 0.2) is 194 Å². The summed E-state index contributed by atoms with van der Waals surface area (Å²) in [5.74, 6) is 0. The van der Waals surface area contributed by atoms with Crippen molar-refractivity contribution in [2.45, 2.75) is 0 Å². The molecule has 0 aliphatic carbocycles. The van der Waals surface area contributed by atoms with E-state index in [1.54, 1.807) is 6.07 Å². The first kappa shape index (κ1) is 18.5. The summed E-state index contributed by atoms with van der Waals surface area (Å²) in [6.07, 6.45) is 0. The van der Waals surface area contributed by atoms with E-state index in [0.29, 0.717) is 11.1 Å². The van der Waals surface area contributed by atoms with E-state index in [9.17, 15) is 8.22 Å². The van der Waals surface area contributed by atoms with Crippen molar-refractivity contribution in [1.29, 1.82) is 0 Å². The van der Waals surface area contributed by atoms with Crippen LogP contribution in [0, 0.1) is 0 Å². The van der Waals surface area contributed by atoms with Gasteiger partial charge >= 0.3 is 0 Å². The third kappa shape index (κ3) is 4.93. The van der Waals surface area contributed by atoms with Gasteiger partial charge in [0.05, 0.1) is 35.9 Å². The molecule has 0 aliphatic rings. The molecule has 0 atom stereocenters. The molecule has 8 aromatic carbocycles. The Balaban J connectivity index is 1.30. The lowest BCUT2D eigenvalue weighted by molar-refractivity contribution is 1.18. The molecule has 0 fully saturated rings. The standard InChI is InChI=1S/C48H32N2S/c1-3-13-33(14-4-1)34-23-27-37(28-24-34)49(36-15-5-2-6-16-36)45-32-31-42-41-19-9-12-22-46(41)51-48(42)47(45)35-25-29-38(30-26-35)50-43-20-10-7-17-39(43)40-18-8-11-21-44(40)50/h1-32H/i1D,2D,3D,4D,5D,6D,13D,14D,15D,16D,23D,24D,27D,28D. The number of anilines is 3. The topological polar surface area (TPSA) is 8.17 Å². The fraction of sp³-hybridized carbons (Fsp3) is 0. The van der Waals surface area contributed by atoms with E-state index < -0.39 is 107 Å². The maximum Gasteiger partial charge on any atom is 0.0645 e. The lowest BCUT2D eigenvalue weighted by Crippen LogP contribution is -2.11. The molecule has 2 heterocycles. The van der Waals surface area contributed by atoms with E-state index in [1.165, 1.54) is 16.2 Å². The fourth-order valence-electron chi connectivity index (χ4n) is 6.85. The minimum absolute atomic E-state index is 0.170. The molecule has 0 N–H and O–H groups in total. The highest BCUT2D eigenvalue weighted by molar-refractivity contribution is 7.26. The van der Waals surface area contributed by atoms with Gasteiger partial charge in [0.25, 0.3) is 0 Å². The SMILES string of the molecule is [2H]c1c([2H])c([2H])c(-c2c([2H])c([2H])c(N(c3ccc4c(sc5ccccc54)c3-c3ccc(-n4c5ccccc5c5ccccc54)cc3)c3c([2H])c([2H])c([2H])c([2H])c3[2H])c([2H])c2[2H])c([2H])c1[2H]. The molecular formula is C48H32N2S. The second-order valence-electron chi connectivity index (χ2n) is 11.9. The first-order valence-corrected chi connectivity index (χ1v) is 17.0. The van der Waals surface area contributed by atoms with Crippen LogP contribution in [-0.2, 0) is 0 Å². The summed E-state index contributed by atoms with van der Waals surface area (Å²) in [5.41, 5.74) is 2.13. The number of nitrogens with zero attached hydrogens (tertiary/aromatic N) is 2. The molecule has 0 radical (unpaired) electrons. The number of rotatable bonds is 6. The van der Waals surface area contributed by atoms with Crippen LogP contribution in [0.25, 0.3) is 69.9 Å². The van der Waals surface area contributed by atoms with E-state index in [2.05, 4.69) is 28.8 Å². The molecule has 0 saturated heterocycles. The number of para-hydroxylation sites is 3. The molecule has 0 aliphatic heterocycles. The summed E-state index contributed by atoms with van der Waals surface area (Å²) in [6, 6.07) is 25.2. The molecule has 0 spiro atoms. The maximum absolute atomic E-state index is 9.56. The van der Waals surface area contributed by atoms with Crippen molar-refractivity contribution >= 4 is 70.4 Å². The third-order valence-electron chi connectivity index (χ3n) is 9.06. The normalized spacial score (nSPS) is 15.4. The predicted molar refractivity (Wildman–Crippen MR) is 219 cm³/mol. The summed E-state index contributed by atoms with van der Waals surface area (Å²) < 4.78 is 128. The highest BCUT2D eigenvalue weighted by Gasteiger charge is 2.22. The summed E-state index contributed by atoms with van der Waals surface area (Å²) >= 11 is 1.46. The Morgan fingerprint density at radius 1 is 0.451 bits per heavy atom. The predicted octanol–water partition coefficient (Wildman–Crippen LogP) is 14.0. The zero-order chi connectivity index (χ0) is 45.9. The van der Waals surface area contributed by atoms with Crippen molar-refractivity contribution in [2.24, 2.45) is 0 Å². The largest absolute Gasteiger partial charge is 0.310 e. The van der Waals surface area contributed by atoms with Crippen LogP contribution in [0.4, 0.5) is 17.1 Å². The number of thiophene rings is 1. The van der Waals surface area contributed by atoms with Crippen molar-refractivity contribution < 1.29 is 19.2 Å². The molecular weight excluding hydrogens is 637 g/mol. The van der Waals surface area contributed by atoms with E-state index in [0.717, 1.165) is 47.7 Å². The van der Waals surface area contributed by atoms with Gasteiger partial charge in [0.15, 0.2) is 0 Å². The highest BCUT2D eigenvalue weighted by atomic mass is 32.1. The Hall–Kier alpha value is -6.42. The molecule has 0 unspecified atom stereocenters. The van der Waals surface area contributed by atoms with Crippen LogP contribution >= 0.6 is 11.3 Å². The average Bonchev–Trinajstić information content (AvgIpc) is 3.87. The van der Waals surface area contributed by atoms with E-state index >= 15 is 0 Å². The number of fused-ring (bicyclic) bond motifs is 6. The van der Waals surface area contributed by atoms with Gasteiger partial charge in [0.2, 0.25) is 0 Å². The zero-order valence-electron chi connectivity index (χ0n) is 40.7. The second kappa shape index (κ2) is 12.2. The van der Waals surface area contributed by atoms with E-state index in [1.807, 2.05) is 78.9 Å². The van der Waals surface area contributed by atoms with Crippen LogP contribution in [0.5, 0.6) is 0 Å². The van der Waals surface area contributed by atoms with Crippen LogP contribution in [0.2, 0.25) is 0 Å². The summed E-state index contributed by atoms with van der Waals surface area (Å²) in [7, 11) is 0. The average molecular weight is 683 g/mol. The van der Waals surface area contributed by atoms with Crippen molar-refractivity contribution in [3.63, 3.8) is 0 Å². The molecule has 3 heteroatoms. The van der Waals surface area contributed by atoms with Gasteiger partial charge in [0.1, 0.15) is 0 Å². The van der Waals surface area contributed by atoms with Gasteiger partial charge in [-0.05, 0) is 77.3 Å². The minimum atomic E-state index is -0.767. The Kier molecular flexibility index (Phi) is 4.42. The van der Waals surface area contributed by atoms with Gasteiger partial charge in [-0.1, -0.05) is 133 Å². The maximum atomic E-state index is 9.56. The molecule has 240 valence electrons. The minimum Gasteiger partial charge on any atom is -0.310 e. The van der Waals surface area contributed by atoms with Gasteiger partial charge in [-0.2, -0.15) is 0 Å². The zero-order valence-corrected chi connectivity index (χ0v) is 27.5. The van der Waals surface area contributed by atoms with E-state index in [-0.39, 0.29) is 5.69 Å². The van der Waals surface area contributed by atoms with Crippen LogP contribution in [-0.4, -0.2) is 4.57 Å². The Morgan fingerprint density at radius 3 is 1.71 bits per heavy atom. The summed E-state index contributed by atoms with van der Waals surface area (Å²) in [4.78, 5) is 1.17. The number of hydrogen-bond acceptors (Lipinski definition) is 2.